The number of benzene rings is 2. The first-order valence-electron chi connectivity index (χ1n) is 13.7. The van der Waals surface area contributed by atoms with Crippen LogP contribution >= 0.6 is 0 Å². The molecule has 2 aromatic carbocycles. The molecule has 6 heteroatoms. The number of ether oxygens (including phenoxy) is 2. The van der Waals surface area contributed by atoms with Gasteiger partial charge in [-0.25, -0.2) is 4.79 Å². The van der Waals surface area contributed by atoms with Crippen molar-refractivity contribution in [3.8, 4) is 11.5 Å². The minimum absolute atomic E-state index is 0.0730. The number of carbonyl (C=O) groups excluding carboxylic acids is 1. The summed E-state index contributed by atoms with van der Waals surface area (Å²) in [6, 6.07) is 10.9. The molecule has 2 saturated heterocycles. The number of amides is 2. The third kappa shape index (κ3) is 4.60. The van der Waals surface area contributed by atoms with Gasteiger partial charge in [0.2, 0.25) is 0 Å². The summed E-state index contributed by atoms with van der Waals surface area (Å²) in [7, 11) is 3.37. The Labute approximate surface area is 227 Å². The minimum Gasteiger partial charge on any atom is -0.497 e. The van der Waals surface area contributed by atoms with Crippen LogP contribution in [-0.4, -0.2) is 60.1 Å². The van der Waals surface area contributed by atoms with E-state index in [4.69, 9.17) is 9.47 Å². The van der Waals surface area contributed by atoms with Gasteiger partial charge in [0.05, 0.1) is 26.3 Å². The molecule has 0 radical (unpaired) electrons. The first-order chi connectivity index (χ1) is 18.1. The van der Waals surface area contributed by atoms with E-state index in [1.807, 2.05) is 17.9 Å². The maximum Gasteiger partial charge on any atom is 0.325 e. The third-order valence-electron chi connectivity index (χ3n) is 8.39. The van der Waals surface area contributed by atoms with E-state index in [1.165, 1.54) is 16.7 Å². The highest BCUT2D eigenvalue weighted by Gasteiger charge is 2.55. The second kappa shape index (κ2) is 10.1. The van der Waals surface area contributed by atoms with Crippen LogP contribution in [0.25, 0.3) is 0 Å². The molecule has 3 aliphatic rings. The van der Waals surface area contributed by atoms with Gasteiger partial charge in [-0.3, -0.25) is 9.80 Å². The summed E-state index contributed by atoms with van der Waals surface area (Å²) in [6.07, 6.45) is 4.13. The molecule has 0 aromatic heterocycles. The molecule has 2 amide bonds. The van der Waals surface area contributed by atoms with Gasteiger partial charge in [0, 0.05) is 49.4 Å². The van der Waals surface area contributed by atoms with Crippen molar-refractivity contribution in [3.05, 3.63) is 82.1 Å². The molecule has 5 rings (SSSR count). The van der Waals surface area contributed by atoms with Gasteiger partial charge in [0.1, 0.15) is 11.5 Å². The SMILES string of the molecule is C=C(C)CN1C(=O)N2Cc3cc(OC)cc(OC)c3[C@H](C)C=C2C12CCN(Cc1cc(C)cc(C)c1)CC2. The van der Waals surface area contributed by atoms with Gasteiger partial charge in [-0.1, -0.05) is 54.5 Å². The first-order valence-corrected chi connectivity index (χ1v) is 13.7. The fourth-order valence-corrected chi connectivity index (χ4v) is 6.81. The molecular weight excluding hydrogens is 474 g/mol. The van der Waals surface area contributed by atoms with Crippen LogP contribution in [0.2, 0.25) is 0 Å². The van der Waals surface area contributed by atoms with Crippen molar-refractivity contribution < 1.29 is 14.3 Å². The van der Waals surface area contributed by atoms with Crippen LogP contribution in [0.3, 0.4) is 0 Å². The molecule has 202 valence electrons. The molecule has 0 N–H and O–H groups in total. The Morgan fingerprint density at radius 1 is 1.05 bits per heavy atom. The van der Waals surface area contributed by atoms with Crippen molar-refractivity contribution in [3.63, 3.8) is 0 Å². The summed E-state index contributed by atoms with van der Waals surface area (Å²) >= 11 is 0. The second-order valence-corrected chi connectivity index (χ2v) is 11.5. The van der Waals surface area contributed by atoms with E-state index in [0.29, 0.717) is 13.1 Å². The van der Waals surface area contributed by atoms with Crippen LogP contribution in [0, 0.1) is 13.8 Å². The van der Waals surface area contributed by atoms with Gasteiger partial charge in [0.15, 0.2) is 0 Å². The first kappa shape index (κ1) is 26.4. The van der Waals surface area contributed by atoms with Crippen molar-refractivity contribution >= 4 is 6.03 Å². The normalized spacial score (nSPS) is 20.6. The lowest BCUT2D eigenvalue weighted by Crippen LogP contribution is -2.54. The number of nitrogens with zero attached hydrogens (tertiary/aromatic N) is 3. The number of likely N-dealkylation sites (tertiary alicyclic amines) is 1. The largest absolute Gasteiger partial charge is 0.497 e. The van der Waals surface area contributed by atoms with Crippen LogP contribution in [-0.2, 0) is 13.1 Å². The van der Waals surface area contributed by atoms with Crippen LogP contribution in [0.1, 0.15) is 60.4 Å². The predicted octanol–water partition coefficient (Wildman–Crippen LogP) is 6.17. The fourth-order valence-electron chi connectivity index (χ4n) is 6.81. The molecule has 1 spiro atoms. The number of hydrogen-bond donors (Lipinski definition) is 0. The lowest BCUT2D eigenvalue weighted by molar-refractivity contribution is 0.0909. The van der Waals surface area contributed by atoms with Crippen molar-refractivity contribution in [1.29, 1.82) is 0 Å². The number of hydrogen-bond acceptors (Lipinski definition) is 4. The highest BCUT2D eigenvalue weighted by atomic mass is 16.5. The van der Waals surface area contributed by atoms with Crippen LogP contribution in [0.5, 0.6) is 11.5 Å². The fraction of sp³-hybridized carbons (Fsp3) is 0.469. The van der Waals surface area contributed by atoms with E-state index >= 15 is 0 Å². The standard InChI is InChI=1S/C32H41N3O3/c1-21(2)18-35-31(36)34-20-26-16-27(37-6)17-28(38-7)30(26)24(5)15-29(34)32(35)8-10-33(11-9-32)19-25-13-22(3)12-23(4)14-25/h12-17,24H,1,8-11,18-20H2,2-7H3/t24-/m1/s1. The van der Waals surface area contributed by atoms with Gasteiger partial charge < -0.3 is 14.4 Å². The van der Waals surface area contributed by atoms with Crippen LogP contribution in [0.15, 0.2) is 54.3 Å². The number of carbonyl (C=O) groups is 1. The van der Waals surface area contributed by atoms with E-state index in [-0.39, 0.29) is 17.5 Å². The number of urea groups is 1. The zero-order chi connectivity index (χ0) is 27.2. The Hall–Kier alpha value is -3.25. The minimum atomic E-state index is -0.331. The molecule has 0 aliphatic carbocycles. The van der Waals surface area contributed by atoms with Crippen LogP contribution < -0.4 is 9.47 Å². The van der Waals surface area contributed by atoms with Crippen molar-refractivity contribution in [2.75, 3.05) is 33.9 Å². The lowest BCUT2D eigenvalue weighted by Gasteiger charge is -2.45. The molecule has 2 aromatic rings. The summed E-state index contributed by atoms with van der Waals surface area (Å²) in [4.78, 5) is 20.7. The summed E-state index contributed by atoms with van der Waals surface area (Å²) < 4.78 is 11.4. The van der Waals surface area contributed by atoms with Crippen molar-refractivity contribution in [2.24, 2.45) is 0 Å². The van der Waals surface area contributed by atoms with E-state index in [2.05, 4.69) is 67.5 Å². The molecule has 3 heterocycles. The van der Waals surface area contributed by atoms with E-state index < -0.39 is 0 Å². The maximum absolute atomic E-state index is 14.1. The van der Waals surface area contributed by atoms with E-state index in [0.717, 1.165) is 66.4 Å². The zero-order valence-electron chi connectivity index (χ0n) is 23.8. The molecule has 1 atom stereocenters. The zero-order valence-corrected chi connectivity index (χ0v) is 23.8. The third-order valence-corrected chi connectivity index (χ3v) is 8.39. The number of fused-ring (bicyclic) bond motifs is 3. The molecule has 3 aliphatic heterocycles. The molecule has 0 saturated carbocycles. The number of rotatable bonds is 6. The van der Waals surface area contributed by atoms with Gasteiger partial charge in [-0.2, -0.15) is 0 Å². The van der Waals surface area contributed by atoms with Crippen molar-refractivity contribution in [2.45, 2.75) is 65.1 Å². The molecule has 2 fully saturated rings. The maximum atomic E-state index is 14.1. The van der Waals surface area contributed by atoms with Gasteiger partial charge in [-0.05, 0) is 50.8 Å². The predicted molar refractivity (Wildman–Crippen MR) is 152 cm³/mol. The Morgan fingerprint density at radius 2 is 1.74 bits per heavy atom. The monoisotopic (exact) mass is 515 g/mol. The molecular formula is C32H41N3O3. The molecule has 6 nitrogen and oxygen atoms in total. The molecule has 38 heavy (non-hydrogen) atoms. The van der Waals surface area contributed by atoms with E-state index in [9.17, 15) is 4.79 Å². The summed E-state index contributed by atoms with van der Waals surface area (Å²) in [5.41, 5.74) is 8.00. The Balaban J connectivity index is 1.49. The van der Waals surface area contributed by atoms with Gasteiger partial charge in [0.25, 0.3) is 0 Å². The number of aryl methyl sites for hydroxylation is 2. The Bertz CT molecular complexity index is 1270. The smallest absolute Gasteiger partial charge is 0.325 e. The Morgan fingerprint density at radius 3 is 2.34 bits per heavy atom. The highest BCUT2D eigenvalue weighted by Crippen LogP contribution is 2.49. The quantitative estimate of drug-likeness (QED) is 0.432. The van der Waals surface area contributed by atoms with Gasteiger partial charge >= 0.3 is 6.03 Å². The topological polar surface area (TPSA) is 45.3 Å². The average Bonchev–Trinajstić information content (AvgIpc) is 2.97. The van der Waals surface area contributed by atoms with Crippen molar-refractivity contribution in [1.82, 2.24) is 14.7 Å². The number of methoxy groups -OCH3 is 2. The molecule has 0 bridgehead atoms. The lowest BCUT2D eigenvalue weighted by atomic mass is 9.81. The average molecular weight is 516 g/mol. The molecule has 0 unspecified atom stereocenters. The van der Waals surface area contributed by atoms with Gasteiger partial charge in [-0.15, -0.1) is 0 Å². The Kier molecular flexibility index (Phi) is 7.03. The number of piperidine rings is 1. The second-order valence-electron chi connectivity index (χ2n) is 11.5. The summed E-state index contributed by atoms with van der Waals surface area (Å²) in [5.74, 6) is 1.66. The van der Waals surface area contributed by atoms with E-state index in [1.54, 1.807) is 14.2 Å². The summed E-state index contributed by atoms with van der Waals surface area (Å²) in [5, 5.41) is 0. The number of allylic oxidation sites excluding steroid dienone is 1. The highest BCUT2D eigenvalue weighted by molar-refractivity contribution is 5.83. The summed E-state index contributed by atoms with van der Waals surface area (Å²) in [6.45, 7) is 16.6. The van der Waals surface area contributed by atoms with Crippen LogP contribution in [0.4, 0.5) is 4.79 Å².